The molecule has 0 aliphatic heterocycles. The van der Waals surface area contributed by atoms with E-state index in [1.165, 1.54) is 0 Å². The van der Waals surface area contributed by atoms with E-state index in [9.17, 15) is 4.79 Å². The molecule has 2 N–H and O–H groups in total. The molecule has 3 nitrogen and oxygen atoms in total. The number of hydrogen-bond acceptors (Lipinski definition) is 2. The summed E-state index contributed by atoms with van der Waals surface area (Å²) in [5, 5.41) is 5.60. The molecule has 9 heavy (non-hydrogen) atoms. The Balaban J connectivity index is 2.66. The molecule has 0 rings (SSSR count). The maximum atomic E-state index is 9.58. The van der Waals surface area contributed by atoms with Crippen molar-refractivity contribution in [3.8, 4) is 0 Å². The van der Waals surface area contributed by atoms with Crippen LogP contribution in [0.3, 0.4) is 0 Å². The third kappa shape index (κ3) is 7.43. The van der Waals surface area contributed by atoms with Crippen molar-refractivity contribution in [2.75, 3.05) is 19.6 Å². The number of carbonyl (C=O) groups excluding carboxylic acids is 1. The van der Waals surface area contributed by atoms with Gasteiger partial charge < -0.3 is 10.6 Å². The van der Waals surface area contributed by atoms with Crippen LogP contribution in [0.25, 0.3) is 0 Å². The second-order valence-electron chi connectivity index (χ2n) is 1.74. The SMILES string of the molecule is CCNCCCN[C]=O. The summed E-state index contributed by atoms with van der Waals surface area (Å²) >= 11 is 0. The van der Waals surface area contributed by atoms with Crippen molar-refractivity contribution >= 4 is 6.41 Å². The Morgan fingerprint density at radius 1 is 1.44 bits per heavy atom. The van der Waals surface area contributed by atoms with Crippen molar-refractivity contribution in [3.63, 3.8) is 0 Å². The van der Waals surface area contributed by atoms with Gasteiger partial charge >= 0.3 is 6.41 Å². The van der Waals surface area contributed by atoms with Gasteiger partial charge in [0.05, 0.1) is 0 Å². The predicted molar refractivity (Wildman–Crippen MR) is 36.9 cm³/mol. The fourth-order valence-electron chi connectivity index (χ4n) is 0.530. The number of amides is 1. The quantitative estimate of drug-likeness (QED) is 0.380. The maximum Gasteiger partial charge on any atom is 0.309 e. The molecule has 0 spiro atoms. The minimum Gasteiger partial charge on any atom is -0.348 e. The molecule has 0 unspecified atom stereocenters. The molecule has 0 saturated carbocycles. The number of nitrogens with one attached hydrogen (secondary N) is 2. The molecule has 0 aromatic carbocycles. The lowest BCUT2D eigenvalue weighted by molar-refractivity contribution is 0.538. The van der Waals surface area contributed by atoms with E-state index in [1.54, 1.807) is 6.41 Å². The van der Waals surface area contributed by atoms with Gasteiger partial charge in [-0.1, -0.05) is 6.92 Å². The smallest absolute Gasteiger partial charge is 0.309 e. The molecule has 0 heterocycles. The van der Waals surface area contributed by atoms with E-state index >= 15 is 0 Å². The molecule has 0 aliphatic carbocycles. The highest BCUT2D eigenvalue weighted by atomic mass is 16.1. The van der Waals surface area contributed by atoms with Gasteiger partial charge in [0, 0.05) is 6.54 Å². The van der Waals surface area contributed by atoms with E-state index in [1.807, 2.05) is 0 Å². The Morgan fingerprint density at radius 2 is 2.22 bits per heavy atom. The first-order valence-corrected chi connectivity index (χ1v) is 3.22. The standard InChI is InChI=1S/C6H13N2O/c1-2-7-4-3-5-8-6-9/h7H,2-5H2,1H3,(H,8,9). The molecule has 0 atom stereocenters. The maximum absolute atomic E-state index is 9.58. The molecule has 3 heteroatoms. The Hall–Kier alpha value is -0.570. The van der Waals surface area contributed by atoms with Crippen LogP contribution < -0.4 is 10.6 Å². The van der Waals surface area contributed by atoms with E-state index in [0.29, 0.717) is 0 Å². The van der Waals surface area contributed by atoms with Crippen LogP contribution in [-0.2, 0) is 4.79 Å². The second kappa shape index (κ2) is 7.43. The first-order valence-electron chi connectivity index (χ1n) is 3.22. The molecule has 0 fully saturated rings. The summed E-state index contributed by atoms with van der Waals surface area (Å²) in [6.07, 6.45) is 2.59. The third-order valence-corrected chi connectivity index (χ3v) is 0.977. The van der Waals surface area contributed by atoms with Gasteiger partial charge in [0.1, 0.15) is 0 Å². The summed E-state index contributed by atoms with van der Waals surface area (Å²) in [6, 6.07) is 0. The van der Waals surface area contributed by atoms with Gasteiger partial charge in [-0.25, -0.2) is 0 Å². The van der Waals surface area contributed by atoms with Gasteiger partial charge in [-0.3, -0.25) is 4.79 Å². The summed E-state index contributed by atoms with van der Waals surface area (Å²) in [5.41, 5.74) is 0. The van der Waals surface area contributed by atoms with Crippen LogP contribution in [0, 0.1) is 0 Å². The van der Waals surface area contributed by atoms with E-state index in [4.69, 9.17) is 0 Å². The summed E-state index contributed by atoms with van der Waals surface area (Å²) < 4.78 is 0. The lowest BCUT2D eigenvalue weighted by atomic mass is 10.4. The lowest BCUT2D eigenvalue weighted by Gasteiger charge is -1.98. The zero-order valence-electron chi connectivity index (χ0n) is 5.74. The monoisotopic (exact) mass is 129 g/mol. The topological polar surface area (TPSA) is 41.1 Å². The van der Waals surface area contributed by atoms with E-state index in [2.05, 4.69) is 17.6 Å². The van der Waals surface area contributed by atoms with Crippen LogP contribution in [-0.4, -0.2) is 26.0 Å². The van der Waals surface area contributed by atoms with Crippen molar-refractivity contribution in [1.29, 1.82) is 0 Å². The van der Waals surface area contributed by atoms with Gasteiger partial charge in [0.25, 0.3) is 0 Å². The normalized spacial score (nSPS) is 9.00. The van der Waals surface area contributed by atoms with Gasteiger partial charge in [-0.2, -0.15) is 0 Å². The van der Waals surface area contributed by atoms with Crippen LogP contribution in [0.2, 0.25) is 0 Å². The Kier molecular flexibility index (Phi) is 6.96. The van der Waals surface area contributed by atoms with Crippen LogP contribution in [0.15, 0.2) is 0 Å². The molecule has 1 amide bonds. The number of rotatable bonds is 6. The zero-order chi connectivity index (χ0) is 6.95. The summed E-state index contributed by atoms with van der Waals surface area (Å²) in [6.45, 7) is 4.73. The molecule has 0 saturated heterocycles. The van der Waals surface area contributed by atoms with E-state index < -0.39 is 0 Å². The van der Waals surface area contributed by atoms with Gasteiger partial charge in [-0.15, -0.1) is 0 Å². The Morgan fingerprint density at radius 3 is 2.78 bits per heavy atom. The second-order valence-corrected chi connectivity index (χ2v) is 1.74. The van der Waals surface area contributed by atoms with E-state index in [-0.39, 0.29) is 0 Å². The predicted octanol–water partition coefficient (Wildman–Crippen LogP) is -0.357. The van der Waals surface area contributed by atoms with Gasteiger partial charge in [0.2, 0.25) is 0 Å². The Bertz CT molecular complexity index is 66.1. The summed E-state index contributed by atoms with van der Waals surface area (Å²) in [5.74, 6) is 0. The minimum absolute atomic E-state index is 0.719. The van der Waals surface area contributed by atoms with Crippen LogP contribution in [0.1, 0.15) is 13.3 Å². The average molecular weight is 129 g/mol. The van der Waals surface area contributed by atoms with Crippen LogP contribution in [0.5, 0.6) is 0 Å². The summed E-state index contributed by atoms with van der Waals surface area (Å²) in [7, 11) is 0. The van der Waals surface area contributed by atoms with Crippen LogP contribution >= 0.6 is 0 Å². The zero-order valence-corrected chi connectivity index (χ0v) is 5.74. The van der Waals surface area contributed by atoms with Crippen molar-refractivity contribution in [2.24, 2.45) is 0 Å². The largest absolute Gasteiger partial charge is 0.348 e. The fourth-order valence-corrected chi connectivity index (χ4v) is 0.530. The number of hydrogen-bond donors (Lipinski definition) is 2. The molecule has 1 radical (unpaired) electrons. The molecular weight excluding hydrogens is 116 g/mol. The molecular formula is C6H13N2O. The first-order chi connectivity index (χ1) is 4.41. The van der Waals surface area contributed by atoms with E-state index in [0.717, 1.165) is 26.1 Å². The molecule has 0 aliphatic rings. The van der Waals surface area contributed by atoms with Crippen LogP contribution in [0.4, 0.5) is 0 Å². The van der Waals surface area contributed by atoms with Crippen molar-refractivity contribution < 1.29 is 4.79 Å². The molecule has 53 valence electrons. The Labute approximate surface area is 55.8 Å². The molecule has 0 bridgehead atoms. The average Bonchev–Trinajstić information content (AvgIpc) is 1.89. The van der Waals surface area contributed by atoms with Crippen molar-refractivity contribution in [2.45, 2.75) is 13.3 Å². The highest BCUT2D eigenvalue weighted by molar-refractivity contribution is 5.46. The first kappa shape index (κ1) is 8.43. The van der Waals surface area contributed by atoms with Gasteiger partial charge in [0.15, 0.2) is 0 Å². The highest BCUT2D eigenvalue weighted by Crippen LogP contribution is 1.69. The highest BCUT2D eigenvalue weighted by Gasteiger charge is 1.83. The lowest BCUT2D eigenvalue weighted by Crippen LogP contribution is -2.20. The van der Waals surface area contributed by atoms with Crippen molar-refractivity contribution in [3.05, 3.63) is 0 Å². The van der Waals surface area contributed by atoms with Gasteiger partial charge in [-0.05, 0) is 19.5 Å². The summed E-state index contributed by atoms with van der Waals surface area (Å²) in [4.78, 5) is 9.58. The molecule has 0 aromatic heterocycles. The third-order valence-electron chi connectivity index (χ3n) is 0.977. The van der Waals surface area contributed by atoms with Crippen molar-refractivity contribution in [1.82, 2.24) is 10.6 Å². The fraction of sp³-hybridized carbons (Fsp3) is 0.833. The minimum atomic E-state index is 0.719. The molecule has 0 aromatic rings.